The summed E-state index contributed by atoms with van der Waals surface area (Å²) < 4.78 is 36.2. The average molecular weight is 224 g/mol. The van der Waals surface area contributed by atoms with Crippen LogP contribution < -0.4 is 5.32 Å². The minimum absolute atomic E-state index is 0.489. The molecule has 1 aliphatic heterocycles. The van der Waals surface area contributed by atoms with Crippen LogP contribution in [0.25, 0.3) is 0 Å². The third-order valence-corrected chi connectivity index (χ3v) is 2.60. The number of nitrogens with zero attached hydrogens (tertiary/aromatic N) is 1. The summed E-state index contributed by atoms with van der Waals surface area (Å²) in [5.41, 5.74) is -0.819. The van der Waals surface area contributed by atoms with E-state index in [9.17, 15) is 18.0 Å². The van der Waals surface area contributed by atoms with E-state index in [0.29, 0.717) is 13.0 Å². The highest BCUT2D eigenvalue weighted by atomic mass is 19.4. The molecule has 1 amide bonds. The van der Waals surface area contributed by atoms with Crippen molar-refractivity contribution in [1.29, 1.82) is 0 Å². The van der Waals surface area contributed by atoms with Crippen molar-refractivity contribution >= 4 is 5.91 Å². The van der Waals surface area contributed by atoms with E-state index >= 15 is 0 Å². The van der Waals surface area contributed by atoms with Crippen LogP contribution in [-0.2, 0) is 4.79 Å². The number of rotatable bonds is 2. The van der Waals surface area contributed by atoms with Crippen molar-refractivity contribution in [3.8, 4) is 0 Å². The number of alkyl halides is 3. The van der Waals surface area contributed by atoms with Gasteiger partial charge in [-0.25, -0.2) is 0 Å². The van der Waals surface area contributed by atoms with E-state index in [1.54, 1.807) is 6.92 Å². The van der Waals surface area contributed by atoms with E-state index in [-0.39, 0.29) is 0 Å². The maximum Gasteiger partial charge on any atom is 0.406 e. The fourth-order valence-electron chi connectivity index (χ4n) is 1.84. The second-order valence-corrected chi connectivity index (χ2v) is 4.14. The van der Waals surface area contributed by atoms with Crippen LogP contribution in [0, 0.1) is 0 Å². The fourth-order valence-corrected chi connectivity index (χ4v) is 1.84. The lowest BCUT2D eigenvalue weighted by atomic mass is 9.99. The summed E-state index contributed by atoms with van der Waals surface area (Å²) in [4.78, 5) is 12.4. The SMILES string of the molecule is CN(CC(F)(F)F)C(=O)C1(C)CCCN1. The molecule has 1 atom stereocenters. The number of hydrogen-bond donors (Lipinski definition) is 1. The third-order valence-electron chi connectivity index (χ3n) is 2.60. The summed E-state index contributed by atoms with van der Waals surface area (Å²) in [7, 11) is 1.18. The first-order chi connectivity index (χ1) is 6.75. The Morgan fingerprint density at radius 1 is 1.53 bits per heavy atom. The Balaban J connectivity index is 2.60. The number of hydrogen-bond acceptors (Lipinski definition) is 2. The summed E-state index contributed by atoms with van der Waals surface area (Å²) >= 11 is 0. The molecule has 0 bridgehead atoms. The van der Waals surface area contributed by atoms with Gasteiger partial charge < -0.3 is 10.2 Å². The van der Waals surface area contributed by atoms with E-state index in [2.05, 4.69) is 5.32 Å². The Morgan fingerprint density at radius 3 is 2.53 bits per heavy atom. The van der Waals surface area contributed by atoms with Crippen LogP contribution in [0.4, 0.5) is 13.2 Å². The van der Waals surface area contributed by atoms with Crippen molar-refractivity contribution in [3.05, 3.63) is 0 Å². The molecule has 1 N–H and O–H groups in total. The molecular weight excluding hydrogens is 209 g/mol. The maximum atomic E-state index is 12.1. The second-order valence-electron chi connectivity index (χ2n) is 4.14. The monoisotopic (exact) mass is 224 g/mol. The Labute approximate surface area is 86.6 Å². The predicted molar refractivity (Wildman–Crippen MR) is 49.3 cm³/mol. The molecule has 0 saturated carbocycles. The van der Waals surface area contributed by atoms with Crippen LogP contribution in [0.3, 0.4) is 0 Å². The minimum atomic E-state index is -4.33. The molecule has 1 heterocycles. The van der Waals surface area contributed by atoms with Gasteiger partial charge in [-0.2, -0.15) is 13.2 Å². The molecule has 1 aliphatic rings. The zero-order valence-corrected chi connectivity index (χ0v) is 8.82. The number of likely N-dealkylation sites (N-methyl/N-ethyl adjacent to an activating group) is 1. The van der Waals surface area contributed by atoms with Crippen molar-refractivity contribution < 1.29 is 18.0 Å². The van der Waals surface area contributed by atoms with Crippen LogP contribution in [-0.4, -0.2) is 42.7 Å². The van der Waals surface area contributed by atoms with Gasteiger partial charge in [0.15, 0.2) is 0 Å². The van der Waals surface area contributed by atoms with E-state index in [1.807, 2.05) is 0 Å². The van der Waals surface area contributed by atoms with E-state index in [4.69, 9.17) is 0 Å². The highest BCUT2D eigenvalue weighted by Crippen LogP contribution is 2.23. The summed E-state index contributed by atoms with van der Waals surface area (Å²) in [5, 5.41) is 2.94. The molecule has 0 spiro atoms. The first-order valence-corrected chi connectivity index (χ1v) is 4.82. The van der Waals surface area contributed by atoms with E-state index < -0.39 is 24.2 Å². The lowest BCUT2D eigenvalue weighted by Crippen LogP contribution is -2.53. The fraction of sp³-hybridized carbons (Fsp3) is 0.889. The highest BCUT2D eigenvalue weighted by molar-refractivity contribution is 5.86. The molecule has 6 heteroatoms. The summed E-state index contributed by atoms with van der Waals surface area (Å²) in [6.45, 7) is 1.14. The van der Waals surface area contributed by atoms with Gasteiger partial charge in [0, 0.05) is 7.05 Å². The van der Waals surface area contributed by atoms with Gasteiger partial charge in [0.25, 0.3) is 0 Å². The highest BCUT2D eigenvalue weighted by Gasteiger charge is 2.41. The van der Waals surface area contributed by atoms with Crippen LogP contribution >= 0.6 is 0 Å². The van der Waals surface area contributed by atoms with Crippen LogP contribution in [0.15, 0.2) is 0 Å². The van der Waals surface area contributed by atoms with Crippen LogP contribution in [0.2, 0.25) is 0 Å². The lowest BCUT2D eigenvalue weighted by Gasteiger charge is -2.29. The topological polar surface area (TPSA) is 32.3 Å². The maximum absolute atomic E-state index is 12.1. The van der Waals surface area contributed by atoms with Gasteiger partial charge in [-0.15, -0.1) is 0 Å². The molecular formula is C9H15F3N2O. The van der Waals surface area contributed by atoms with Crippen molar-refractivity contribution in [1.82, 2.24) is 10.2 Å². The normalized spacial score (nSPS) is 26.7. The standard InChI is InChI=1S/C9H15F3N2O/c1-8(4-3-5-13-8)7(15)14(2)6-9(10,11)12/h13H,3-6H2,1-2H3. The van der Waals surface area contributed by atoms with Gasteiger partial charge in [0.1, 0.15) is 6.54 Å². The Bertz CT molecular complexity index is 246. The molecule has 15 heavy (non-hydrogen) atoms. The molecule has 0 aromatic heterocycles. The predicted octanol–water partition coefficient (Wildman–Crippen LogP) is 1.15. The van der Waals surface area contributed by atoms with Gasteiger partial charge in [0.2, 0.25) is 5.91 Å². The van der Waals surface area contributed by atoms with Crippen molar-refractivity contribution in [2.45, 2.75) is 31.5 Å². The summed E-state index contributed by atoms with van der Waals surface area (Å²) in [6, 6.07) is 0. The first-order valence-electron chi connectivity index (χ1n) is 4.82. The summed E-state index contributed by atoms with van der Waals surface area (Å²) in [6.07, 6.45) is -2.92. The smallest absolute Gasteiger partial charge is 0.335 e. The van der Waals surface area contributed by atoms with Crippen molar-refractivity contribution in [3.63, 3.8) is 0 Å². The number of halogens is 3. The first kappa shape index (κ1) is 12.3. The van der Waals surface area contributed by atoms with Gasteiger partial charge in [0.05, 0.1) is 5.54 Å². The molecule has 1 fully saturated rings. The van der Waals surface area contributed by atoms with E-state index in [0.717, 1.165) is 11.3 Å². The molecule has 0 aliphatic carbocycles. The molecule has 1 rings (SSSR count). The van der Waals surface area contributed by atoms with Gasteiger partial charge in [-0.3, -0.25) is 4.79 Å². The molecule has 3 nitrogen and oxygen atoms in total. The minimum Gasteiger partial charge on any atom is -0.335 e. The molecule has 0 aromatic carbocycles. The largest absolute Gasteiger partial charge is 0.406 e. The zero-order valence-electron chi connectivity index (χ0n) is 8.82. The van der Waals surface area contributed by atoms with E-state index in [1.165, 1.54) is 7.05 Å². The van der Waals surface area contributed by atoms with Gasteiger partial charge in [-0.05, 0) is 26.3 Å². The second kappa shape index (κ2) is 4.00. The van der Waals surface area contributed by atoms with Crippen LogP contribution in [0.5, 0.6) is 0 Å². The Hall–Kier alpha value is -0.780. The van der Waals surface area contributed by atoms with Crippen molar-refractivity contribution in [2.24, 2.45) is 0 Å². The molecule has 88 valence electrons. The zero-order chi connectivity index (χ0) is 11.7. The lowest BCUT2D eigenvalue weighted by molar-refractivity contribution is -0.161. The number of amides is 1. The number of nitrogens with one attached hydrogen (secondary N) is 1. The number of carbonyl (C=O) groups excluding carboxylic acids is 1. The quantitative estimate of drug-likeness (QED) is 0.763. The van der Waals surface area contributed by atoms with Gasteiger partial charge >= 0.3 is 6.18 Å². The Morgan fingerprint density at radius 2 is 2.13 bits per heavy atom. The van der Waals surface area contributed by atoms with Crippen molar-refractivity contribution in [2.75, 3.05) is 20.1 Å². The average Bonchev–Trinajstić information content (AvgIpc) is 2.49. The van der Waals surface area contributed by atoms with Gasteiger partial charge in [-0.1, -0.05) is 0 Å². The molecule has 1 saturated heterocycles. The number of carbonyl (C=O) groups is 1. The molecule has 0 radical (unpaired) electrons. The summed E-state index contributed by atoms with van der Waals surface area (Å²) in [5.74, 6) is -0.489. The van der Waals surface area contributed by atoms with Crippen LogP contribution in [0.1, 0.15) is 19.8 Å². The molecule has 0 aromatic rings. The molecule has 1 unspecified atom stereocenters. The Kier molecular flexibility index (Phi) is 3.28. The third kappa shape index (κ3) is 3.09.